The minimum absolute atomic E-state index is 0.125. The largest absolute Gasteiger partial charge is 0.378 e. The number of aliphatic imine (C=N–C) groups is 1. The number of ether oxygens (including phenoxy) is 1. The number of nitrogens with zero attached hydrogens (tertiary/aromatic N) is 1. The summed E-state index contributed by atoms with van der Waals surface area (Å²) in [6, 6.07) is 4.17. The highest BCUT2D eigenvalue weighted by Crippen LogP contribution is 2.30. The smallest absolute Gasteiger partial charge is 0.191 e. The molecule has 8 heteroatoms. The van der Waals surface area contributed by atoms with Gasteiger partial charge in [0.2, 0.25) is 0 Å². The molecule has 0 saturated heterocycles. The second-order valence-electron chi connectivity index (χ2n) is 7.93. The molecule has 0 radical (unpaired) electrons. The van der Waals surface area contributed by atoms with E-state index in [-0.39, 0.29) is 18.4 Å². The molecular formula is C22H36FN3O3S. The van der Waals surface area contributed by atoms with Crippen molar-refractivity contribution >= 4 is 15.8 Å². The van der Waals surface area contributed by atoms with Crippen molar-refractivity contribution in [3.63, 3.8) is 0 Å². The van der Waals surface area contributed by atoms with Crippen LogP contribution in [0.4, 0.5) is 4.39 Å². The molecule has 1 aliphatic carbocycles. The lowest BCUT2D eigenvalue weighted by Crippen LogP contribution is -2.39. The molecule has 1 unspecified atom stereocenters. The second kappa shape index (κ2) is 12.2. The molecule has 1 atom stereocenters. The van der Waals surface area contributed by atoms with Gasteiger partial charge in [-0.15, -0.1) is 0 Å². The Morgan fingerprint density at radius 2 is 1.97 bits per heavy atom. The van der Waals surface area contributed by atoms with Crippen LogP contribution < -0.4 is 10.6 Å². The average Bonchev–Trinajstić information content (AvgIpc) is 3.21. The number of nitrogens with one attached hydrogen (secondary N) is 2. The summed E-state index contributed by atoms with van der Waals surface area (Å²) in [5.74, 6) is 0.747. The lowest BCUT2D eigenvalue weighted by atomic mass is 9.98. The van der Waals surface area contributed by atoms with E-state index in [9.17, 15) is 12.8 Å². The summed E-state index contributed by atoms with van der Waals surface area (Å²) >= 11 is 0. The molecule has 2 N–H and O–H groups in total. The number of halogens is 1. The molecule has 1 aromatic rings. The van der Waals surface area contributed by atoms with E-state index in [0.29, 0.717) is 29.5 Å². The highest BCUT2D eigenvalue weighted by atomic mass is 32.2. The van der Waals surface area contributed by atoms with Gasteiger partial charge in [-0.25, -0.2) is 17.8 Å². The SMILES string of the molecule is CCNC(=NCc1cc(F)ccc1CS(C)(=O)=O)NCCC(OCC)C1CCCC1. The van der Waals surface area contributed by atoms with Gasteiger partial charge in [0.05, 0.1) is 18.4 Å². The van der Waals surface area contributed by atoms with E-state index >= 15 is 0 Å². The quantitative estimate of drug-likeness (QED) is 0.406. The van der Waals surface area contributed by atoms with Crippen LogP contribution in [0.25, 0.3) is 0 Å². The average molecular weight is 442 g/mol. The van der Waals surface area contributed by atoms with Crippen LogP contribution >= 0.6 is 0 Å². The van der Waals surface area contributed by atoms with Crippen molar-refractivity contribution in [3.05, 3.63) is 35.1 Å². The lowest BCUT2D eigenvalue weighted by Gasteiger charge is -2.24. The van der Waals surface area contributed by atoms with Crippen molar-refractivity contribution < 1.29 is 17.5 Å². The van der Waals surface area contributed by atoms with Gasteiger partial charge in [0, 0.05) is 26.0 Å². The first-order valence-corrected chi connectivity index (χ1v) is 13.0. The van der Waals surface area contributed by atoms with Crippen molar-refractivity contribution in [2.24, 2.45) is 10.9 Å². The number of hydrogen-bond acceptors (Lipinski definition) is 4. The first-order valence-electron chi connectivity index (χ1n) is 10.9. The summed E-state index contributed by atoms with van der Waals surface area (Å²) in [7, 11) is -3.21. The molecule has 6 nitrogen and oxygen atoms in total. The molecule has 0 aromatic heterocycles. The van der Waals surface area contributed by atoms with Gasteiger partial charge in [0.1, 0.15) is 5.82 Å². The van der Waals surface area contributed by atoms with Crippen LogP contribution in [0.15, 0.2) is 23.2 Å². The summed E-state index contributed by atoms with van der Waals surface area (Å²) < 4.78 is 43.1. The van der Waals surface area contributed by atoms with Gasteiger partial charge in [-0.1, -0.05) is 18.9 Å². The van der Waals surface area contributed by atoms with Crippen LogP contribution in [0, 0.1) is 11.7 Å². The Morgan fingerprint density at radius 3 is 2.60 bits per heavy atom. The van der Waals surface area contributed by atoms with Gasteiger partial charge in [0.15, 0.2) is 15.8 Å². The molecule has 170 valence electrons. The maximum atomic E-state index is 13.7. The van der Waals surface area contributed by atoms with Gasteiger partial charge < -0.3 is 15.4 Å². The first-order chi connectivity index (χ1) is 14.3. The first kappa shape index (κ1) is 24.6. The topological polar surface area (TPSA) is 79.8 Å². The molecule has 1 aliphatic rings. The van der Waals surface area contributed by atoms with E-state index in [1.165, 1.54) is 50.1 Å². The van der Waals surface area contributed by atoms with Crippen LogP contribution in [-0.2, 0) is 26.9 Å². The van der Waals surface area contributed by atoms with E-state index in [1.54, 1.807) is 0 Å². The van der Waals surface area contributed by atoms with Gasteiger partial charge in [-0.2, -0.15) is 0 Å². The Bertz CT molecular complexity index is 793. The van der Waals surface area contributed by atoms with Gasteiger partial charge in [-0.3, -0.25) is 0 Å². The number of sulfone groups is 1. The molecule has 1 fully saturated rings. The summed E-state index contributed by atoms with van der Waals surface area (Å²) in [6.45, 7) is 6.37. The summed E-state index contributed by atoms with van der Waals surface area (Å²) in [5.41, 5.74) is 1.16. The number of guanidine groups is 1. The van der Waals surface area contributed by atoms with Crippen LogP contribution in [0.3, 0.4) is 0 Å². The summed E-state index contributed by atoms with van der Waals surface area (Å²) in [6.07, 6.45) is 7.39. The normalized spacial score (nSPS) is 16.6. The number of rotatable bonds is 11. The van der Waals surface area contributed by atoms with E-state index in [1.807, 2.05) is 13.8 Å². The molecule has 0 aliphatic heterocycles. The van der Waals surface area contributed by atoms with Gasteiger partial charge >= 0.3 is 0 Å². The lowest BCUT2D eigenvalue weighted by molar-refractivity contribution is 0.0169. The monoisotopic (exact) mass is 441 g/mol. The minimum Gasteiger partial charge on any atom is -0.378 e. The molecule has 1 aromatic carbocycles. The van der Waals surface area contributed by atoms with Crippen LogP contribution in [0.2, 0.25) is 0 Å². The molecule has 0 spiro atoms. The maximum Gasteiger partial charge on any atom is 0.191 e. The molecule has 1 saturated carbocycles. The standard InChI is InChI=1S/C22H36FN3O3S/c1-4-24-22(25-13-12-21(29-5-2)17-8-6-7-9-17)26-15-19-14-20(23)11-10-18(19)16-30(3,27)28/h10-11,14,17,21H,4-9,12-13,15-16H2,1-3H3,(H2,24,25,26). The highest BCUT2D eigenvalue weighted by molar-refractivity contribution is 7.89. The molecule has 0 bridgehead atoms. The molecule has 0 heterocycles. The predicted octanol–water partition coefficient (Wildman–Crippen LogP) is 3.41. The molecule has 0 amide bonds. The Kier molecular flexibility index (Phi) is 10.0. The van der Waals surface area contributed by atoms with Crippen LogP contribution in [-0.4, -0.2) is 46.4 Å². The van der Waals surface area contributed by atoms with Crippen molar-refractivity contribution in [1.29, 1.82) is 0 Å². The zero-order valence-corrected chi connectivity index (χ0v) is 19.2. The Hall–Kier alpha value is -1.67. The summed E-state index contributed by atoms with van der Waals surface area (Å²) in [4.78, 5) is 4.55. The zero-order valence-electron chi connectivity index (χ0n) is 18.4. The summed E-state index contributed by atoms with van der Waals surface area (Å²) in [5, 5.41) is 6.53. The van der Waals surface area contributed by atoms with Gasteiger partial charge in [0.25, 0.3) is 0 Å². The fourth-order valence-corrected chi connectivity index (χ4v) is 4.85. The van der Waals surface area contributed by atoms with Crippen molar-refractivity contribution in [1.82, 2.24) is 10.6 Å². The Balaban J connectivity index is 2.01. The van der Waals surface area contributed by atoms with Crippen molar-refractivity contribution in [2.75, 3.05) is 26.0 Å². The van der Waals surface area contributed by atoms with Crippen LogP contribution in [0.1, 0.15) is 57.1 Å². The number of benzene rings is 1. The minimum atomic E-state index is -3.21. The van der Waals surface area contributed by atoms with E-state index in [2.05, 4.69) is 15.6 Å². The Labute approximate surface area is 180 Å². The third-order valence-corrected chi connectivity index (χ3v) is 6.20. The molecule has 30 heavy (non-hydrogen) atoms. The van der Waals surface area contributed by atoms with E-state index in [4.69, 9.17) is 4.74 Å². The third kappa shape index (κ3) is 8.60. The van der Waals surface area contributed by atoms with Crippen molar-refractivity contribution in [2.45, 2.75) is 64.4 Å². The Morgan fingerprint density at radius 1 is 1.23 bits per heavy atom. The molecular weight excluding hydrogens is 405 g/mol. The second-order valence-corrected chi connectivity index (χ2v) is 10.1. The van der Waals surface area contributed by atoms with Crippen LogP contribution in [0.5, 0.6) is 0 Å². The number of hydrogen-bond donors (Lipinski definition) is 2. The fraction of sp³-hybridized carbons (Fsp3) is 0.682. The van der Waals surface area contributed by atoms with E-state index < -0.39 is 15.7 Å². The predicted molar refractivity (Wildman–Crippen MR) is 120 cm³/mol. The maximum absolute atomic E-state index is 13.7. The fourth-order valence-electron chi connectivity index (χ4n) is 4.00. The van der Waals surface area contributed by atoms with E-state index in [0.717, 1.165) is 19.6 Å². The highest BCUT2D eigenvalue weighted by Gasteiger charge is 2.25. The van der Waals surface area contributed by atoms with Gasteiger partial charge in [-0.05, 0) is 62.3 Å². The van der Waals surface area contributed by atoms with Crippen molar-refractivity contribution in [3.8, 4) is 0 Å². The molecule has 2 rings (SSSR count). The zero-order chi connectivity index (χ0) is 22.0. The third-order valence-electron chi connectivity index (χ3n) is 5.37.